The van der Waals surface area contributed by atoms with Gasteiger partial charge in [0.05, 0.1) is 29.8 Å². The van der Waals surface area contributed by atoms with Crippen molar-refractivity contribution >= 4 is 33.2 Å². The van der Waals surface area contributed by atoms with Crippen molar-refractivity contribution in [2.45, 2.75) is 121 Å². The molecule has 1 unspecified atom stereocenters. The zero-order valence-corrected chi connectivity index (χ0v) is 31.0. The maximum atomic E-state index is 13.6. The SMILES string of the molecule is CC[C@@H]1OC([C@H]2CCC[C@H](C)[C@@H](C)S(=O)(=O)NC(=O)c3ccc4c(c3)N(C[C@@H]3CC[C@H]32)C[C@@]2(CCCc3cc(Cl)ccc32)CO4)O[C@@H]1CC. The lowest BCUT2D eigenvalue weighted by Gasteiger charge is -2.47. The third-order valence-corrected chi connectivity index (χ3v) is 14.8. The number of carbonyl (C=O) groups is 1. The molecule has 8 nitrogen and oxygen atoms in total. The van der Waals surface area contributed by atoms with E-state index in [1.54, 1.807) is 13.0 Å². The molecule has 2 fully saturated rings. The van der Waals surface area contributed by atoms with Crippen LogP contribution in [0.5, 0.6) is 5.75 Å². The third kappa shape index (κ3) is 6.74. The first kappa shape index (κ1) is 35.1. The summed E-state index contributed by atoms with van der Waals surface area (Å²) in [5.41, 5.74) is 3.51. The number of anilines is 1. The molecule has 268 valence electrons. The fraction of sp³-hybridized carbons (Fsp3) is 0.667. The first-order valence-corrected chi connectivity index (χ1v) is 20.6. The fourth-order valence-electron chi connectivity index (χ4n) is 9.44. The Kier molecular flexibility index (Phi) is 10.0. The van der Waals surface area contributed by atoms with Crippen molar-refractivity contribution in [2.75, 3.05) is 24.6 Å². The van der Waals surface area contributed by atoms with Gasteiger partial charge in [-0.2, -0.15) is 0 Å². The predicted molar refractivity (Wildman–Crippen MR) is 193 cm³/mol. The van der Waals surface area contributed by atoms with E-state index < -0.39 is 21.2 Å². The number of nitrogens with one attached hydrogen (secondary N) is 1. The van der Waals surface area contributed by atoms with Gasteiger partial charge < -0.3 is 19.1 Å². The number of hydrogen-bond donors (Lipinski definition) is 1. The summed E-state index contributed by atoms with van der Waals surface area (Å²) in [7, 11) is -3.90. The normalized spacial score (nSPS) is 36.1. The standard InChI is InChI=1S/C39H53ClN2O6S/c1-5-34-35(6-2)48-38(47-34)31-11-7-9-24(3)25(4)49(44,45)41-37(43)27-13-17-36-33(20-27)42(21-28-12-15-30(28)31)22-39(23-46-36)18-8-10-26-19-29(40)14-16-32(26)39/h13-14,16-17,19-20,24-25,28,30-31,34-35,38H,5-12,15,18,21-23H2,1-4H3,(H,41,43)/t24-,25+,28-,30+,31-,34-,35+,38?,39-/m0/s1. The maximum Gasteiger partial charge on any atom is 0.264 e. The smallest absolute Gasteiger partial charge is 0.264 e. The van der Waals surface area contributed by atoms with E-state index in [4.69, 9.17) is 25.8 Å². The molecule has 2 aliphatic carbocycles. The van der Waals surface area contributed by atoms with Gasteiger partial charge in [0.2, 0.25) is 10.0 Å². The van der Waals surface area contributed by atoms with Crippen LogP contribution in [-0.4, -0.2) is 57.8 Å². The largest absolute Gasteiger partial charge is 0.490 e. The predicted octanol–water partition coefficient (Wildman–Crippen LogP) is 7.65. The summed E-state index contributed by atoms with van der Waals surface area (Å²) in [6, 6.07) is 11.7. The van der Waals surface area contributed by atoms with E-state index in [0.717, 1.165) is 93.8 Å². The number of fused-ring (bicyclic) bond motifs is 4. The first-order chi connectivity index (χ1) is 23.5. The number of carbonyl (C=O) groups excluding carboxylic acids is 1. The van der Waals surface area contributed by atoms with E-state index in [1.165, 1.54) is 11.1 Å². The van der Waals surface area contributed by atoms with Gasteiger partial charge in [-0.05, 0) is 124 Å². The van der Waals surface area contributed by atoms with Crippen molar-refractivity contribution in [1.29, 1.82) is 0 Å². The van der Waals surface area contributed by atoms with Gasteiger partial charge in [0.25, 0.3) is 5.91 Å². The van der Waals surface area contributed by atoms with Gasteiger partial charge in [-0.25, -0.2) is 13.1 Å². The van der Waals surface area contributed by atoms with Crippen LogP contribution in [0, 0.1) is 23.7 Å². The minimum atomic E-state index is -3.90. The highest BCUT2D eigenvalue weighted by molar-refractivity contribution is 7.90. The van der Waals surface area contributed by atoms with Crippen molar-refractivity contribution in [3.8, 4) is 5.75 Å². The Hall–Kier alpha value is -2.33. The lowest BCUT2D eigenvalue weighted by Crippen LogP contribution is -2.50. The number of sulfonamides is 1. The van der Waals surface area contributed by atoms with Crippen LogP contribution in [0.4, 0.5) is 5.69 Å². The number of hydrogen-bond acceptors (Lipinski definition) is 7. The lowest BCUT2D eigenvalue weighted by molar-refractivity contribution is -0.139. The molecule has 49 heavy (non-hydrogen) atoms. The van der Waals surface area contributed by atoms with Gasteiger partial charge >= 0.3 is 0 Å². The number of rotatable bonds is 3. The van der Waals surface area contributed by atoms with Crippen molar-refractivity contribution in [2.24, 2.45) is 23.7 Å². The molecule has 10 heteroatoms. The van der Waals surface area contributed by atoms with Crippen molar-refractivity contribution < 1.29 is 27.4 Å². The Labute approximate surface area is 297 Å². The highest BCUT2D eigenvalue weighted by Crippen LogP contribution is 2.50. The zero-order chi connectivity index (χ0) is 34.5. The number of amides is 1. The molecule has 1 saturated heterocycles. The molecule has 9 atom stereocenters. The van der Waals surface area contributed by atoms with Crippen LogP contribution in [0.2, 0.25) is 5.02 Å². The monoisotopic (exact) mass is 712 g/mol. The Morgan fingerprint density at radius 1 is 0.959 bits per heavy atom. The van der Waals surface area contributed by atoms with Crippen LogP contribution >= 0.6 is 11.6 Å². The Morgan fingerprint density at radius 3 is 2.45 bits per heavy atom. The minimum absolute atomic E-state index is 0.106. The number of aryl methyl sites for hydroxylation is 1. The summed E-state index contributed by atoms with van der Waals surface area (Å²) in [5.74, 6) is 1.10. The zero-order valence-electron chi connectivity index (χ0n) is 29.5. The third-order valence-electron chi connectivity index (χ3n) is 12.7. The van der Waals surface area contributed by atoms with Gasteiger partial charge in [-0.3, -0.25) is 4.79 Å². The molecule has 1 N–H and O–H groups in total. The summed E-state index contributed by atoms with van der Waals surface area (Å²) >= 11 is 6.48. The van der Waals surface area contributed by atoms with Crippen molar-refractivity contribution in [1.82, 2.24) is 4.72 Å². The highest BCUT2D eigenvalue weighted by Gasteiger charge is 2.48. The van der Waals surface area contributed by atoms with Gasteiger partial charge in [0, 0.05) is 35.0 Å². The molecule has 0 aromatic heterocycles. The number of ether oxygens (including phenoxy) is 3. The summed E-state index contributed by atoms with van der Waals surface area (Å²) in [6.45, 7) is 10.1. The second-order valence-electron chi connectivity index (χ2n) is 15.6. The fourth-order valence-corrected chi connectivity index (χ4v) is 10.9. The van der Waals surface area contributed by atoms with E-state index in [9.17, 15) is 13.2 Å². The van der Waals surface area contributed by atoms with Crippen LogP contribution in [0.1, 0.15) is 107 Å². The van der Waals surface area contributed by atoms with E-state index in [-0.39, 0.29) is 35.7 Å². The van der Waals surface area contributed by atoms with Gasteiger partial charge in [-0.15, -0.1) is 0 Å². The van der Waals surface area contributed by atoms with Gasteiger partial charge in [0.1, 0.15) is 5.75 Å². The molecule has 3 heterocycles. The minimum Gasteiger partial charge on any atom is -0.490 e. The number of halogens is 1. The van der Waals surface area contributed by atoms with Crippen LogP contribution in [0.15, 0.2) is 36.4 Å². The highest BCUT2D eigenvalue weighted by atomic mass is 35.5. The molecule has 1 spiro atoms. The Bertz CT molecular complexity index is 1640. The molecule has 1 saturated carbocycles. The molecule has 2 aromatic carbocycles. The summed E-state index contributed by atoms with van der Waals surface area (Å²) in [6.07, 6.45) is 9.64. The molecule has 0 radical (unpaired) electrons. The van der Waals surface area contributed by atoms with Crippen LogP contribution in [0.25, 0.3) is 0 Å². The van der Waals surface area contributed by atoms with Gasteiger partial charge in [-0.1, -0.05) is 44.9 Å². The van der Waals surface area contributed by atoms with E-state index >= 15 is 0 Å². The number of nitrogens with zero attached hydrogens (tertiary/aromatic N) is 1. The Morgan fingerprint density at radius 2 is 1.73 bits per heavy atom. The second kappa shape index (κ2) is 14.0. The van der Waals surface area contributed by atoms with E-state index in [0.29, 0.717) is 24.0 Å². The Balaban J connectivity index is 1.28. The van der Waals surface area contributed by atoms with Crippen molar-refractivity contribution in [3.05, 3.63) is 58.1 Å². The van der Waals surface area contributed by atoms with Crippen LogP contribution in [0.3, 0.4) is 0 Å². The quantitative estimate of drug-likeness (QED) is 0.349. The van der Waals surface area contributed by atoms with E-state index in [1.807, 2.05) is 25.1 Å². The topological polar surface area (TPSA) is 94.2 Å². The van der Waals surface area contributed by atoms with Crippen LogP contribution < -0.4 is 14.4 Å². The summed E-state index contributed by atoms with van der Waals surface area (Å²) in [5, 5.41) is 0.0378. The second-order valence-corrected chi connectivity index (χ2v) is 18.0. The maximum absolute atomic E-state index is 13.6. The molecule has 5 aliphatic rings. The average molecular weight is 713 g/mol. The molecule has 2 aromatic rings. The van der Waals surface area contributed by atoms with Gasteiger partial charge in [0.15, 0.2) is 6.29 Å². The summed E-state index contributed by atoms with van der Waals surface area (Å²) < 4.78 is 49.4. The molecule has 7 rings (SSSR count). The first-order valence-electron chi connectivity index (χ1n) is 18.7. The lowest BCUT2D eigenvalue weighted by atomic mass is 9.64. The van der Waals surface area contributed by atoms with E-state index in [2.05, 4.69) is 35.6 Å². The van der Waals surface area contributed by atoms with Crippen molar-refractivity contribution in [3.63, 3.8) is 0 Å². The molecule has 3 aliphatic heterocycles. The molecular formula is C39H53ClN2O6S. The number of benzene rings is 2. The summed E-state index contributed by atoms with van der Waals surface area (Å²) in [4.78, 5) is 16.0. The van der Waals surface area contributed by atoms with Crippen LogP contribution in [-0.2, 0) is 31.3 Å². The average Bonchev–Trinajstić information content (AvgIpc) is 3.43. The molecule has 2 bridgehead atoms. The molecule has 1 amide bonds. The molecular weight excluding hydrogens is 660 g/mol.